The highest BCUT2D eigenvalue weighted by Crippen LogP contribution is 2.37. The van der Waals surface area contributed by atoms with Crippen LogP contribution in [0.4, 0.5) is 57.1 Å². The number of alkyl halides is 3. The van der Waals surface area contributed by atoms with Gasteiger partial charge in [-0.2, -0.15) is 30.7 Å². The van der Waals surface area contributed by atoms with Crippen molar-refractivity contribution in [1.82, 2.24) is 0 Å². The fourth-order valence-corrected chi connectivity index (χ4v) is 1.45. The van der Waals surface area contributed by atoms with Crippen molar-refractivity contribution < 1.29 is 71.7 Å². The summed E-state index contributed by atoms with van der Waals surface area (Å²) < 4.78 is 166. The third-order valence-electron chi connectivity index (χ3n) is 2.79. The van der Waals surface area contributed by atoms with Crippen LogP contribution in [0.25, 0.3) is 0 Å². The van der Waals surface area contributed by atoms with E-state index in [1.165, 1.54) is 0 Å². The van der Waals surface area contributed by atoms with E-state index in [0.29, 0.717) is 0 Å². The van der Waals surface area contributed by atoms with Gasteiger partial charge in [-0.05, 0) is 0 Å². The maximum Gasteiger partial charge on any atom is 0.490 e. The Morgan fingerprint density at radius 1 is 0.533 bits per heavy atom. The van der Waals surface area contributed by atoms with Gasteiger partial charge in [-0.3, -0.25) is 0 Å². The Balaban J connectivity index is 0.000000553. The molecule has 0 saturated carbocycles. The zero-order valence-electron chi connectivity index (χ0n) is 13.2. The molecule has 0 fully saturated rings. The average Bonchev–Trinajstić information content (AvgIpc) is 2.67. The molecule has 1 N–H and O–H groups in total. The zero-order valence-corrected chi connectivity index (χ0v) is 13.2. The predicted molar refractivity (Wildman–Crippen MR) is 66.2 cm³/mol. The smallest absolute Gasteiger partial charge is 0.475 e. The lowest BCUT2D eigenvalue weighted by atomic mass is 10.2. The van der Waals surface area contributed by atoms with Gasteiger partial charge in [-0.1, -0.05) is 0 Å². The lowest BCUT2D eigenvalue weighted by Gasteiger charge is -2.12. The molecular formula is C14HF13O3. The zero-order chi connectivity index (χ0) is 23.7. The standard InChI is InChI=1S/C12F10O.C2HF3O2/c13-1-3(15)7(19)11(8(20)4(1)16)23-12-9(21)5(17)2(14)6(18)10(12)22;3-2(4,5)1(6)7/h;(H,6,7). The highest BCUT2D eigenvalue weighted by molar-refractivity contribution is 5.73. The van der Waals surface area contributed by atoms with Crippen LogP contribution in [0.2, 0.25) is 0 Å². The molecule has 0 atom stereocenters. The van der Waals surface area contributed by atoms with Crippen molar-refractivity contribution in [2.24, 2.45) is 0 Å². The molecule has 0 aliphatic carbocycles. The molecule has 0 unspecified atom stereocenters. The first kappa shape index (κ1) is 24.8. The fourth-order valence-electron chi connectivity index (χ4n) is 1.45. The number of benzene rings is 2. The van der Waals surface area contributed by atoms with Crippen LogP contribution in [0.3, 0.4) is 0 Å². The number of carboxylic acids is 1. The molecule has 0 spiro atoms. The summed E-state index contributed by atoms with van der Waals surface area (Å²) in [5.74, 6) is -33.2. The molecule has 0 aliphatic heterocycles. The minimum atomic E-state index is -5.08. The molecule has 0 radical (unpaired) electrons. The van der Waals surface area contributed by atoms with Gasteiger partial charge < -0.3 is 9.84 Å². The van der Waals surface area contributed by atoms with Gasteiger partial charge in [0.2, 0.25) is 69.7 Å². The third kappa shape index (κ3) is 4.68. The minimum absolute atomic E-state index is 2.23. The Hall–Kier alpha value is -3.20. The van der Waals surface area contributed by atoms with Gasteiger partial charge in [0, 0.05) is 0 Å². The van der Waals surface area contributed by atoms with Gasteiger partial charge in [0.25, 0.3) is 0 Å². The maximum atomic E-state index is 13.3. The van der Waals surface area contributed by atoms with Gasteiger partial charge in [0.15, 0.2) is 0 Å². The minimum Gasteiger partial charge on any atom is -0.475 e. The lowest BCUT2D eigenvalue weighted by molar-refractivity contribution is -0.192. The number of ether oxygens (including phenoxy) is 1. The first-order chi connectivity index (χ1) is 13.5. The second-order valence-corrected chi connectivity index (χ2v) is 4.70. The Morgan fingerprint density at radius 3 is 0.867 bits per heavy atom. The van der Waals surface area contributed by atoms with Crippen molar-refractivity contribution in [2.75, 3.05) is 0 Å². The number of rotatable bonds is 2. The van der Waals surface area contributed by atoms with Gasteiger partial charge >= 0.3 is 12.1 Å². The summed E-state index contributed by atoms with van der Waals surface area (Å²) in [6.07, 6.45) is -5.08. The first-order valence-electron chi connectivity index (χ1n) is 6.54. The van der Waals surface area contributed by atoms with Crippen LogP contribution >= 0.6 is 0 Å². The molecule has 3 nitrogen and oxygen atoms in total. The highest BCUT2D eigenvalue weighted by atomic mass is 19.4. The van der Waals surface area contributed by atoms with Crippen molar-refractivity contribution in [1.29, 1.82) is 0 Å². The quantitative estimate of drug-likeness (QED) is 0.363. The number of carbonyl (C=O) groups is 1. The molecule has 0 saturated heterocycles. The summed E-state index contributed by atoms with van der Waals surface area (Å²) in [7, 11) is 0. The summed E-state index contributed by atoms with van der Waals surface area (Å²) in [6.45, 7) is 0. The molecule has 2 rings (SSSR count). The third-order valence-corrected chi connectivity index (χ3v) is 2.79. The Kier molecular flexibility index (Phi) is 7.17. The monoisotopic (exact) mass is 464 g/mol. The van der Waals surface area contributed by atoms with Crippen LogP contribution in [0.1, 0.15) is 0 Å². The SMILES string of the molecule is Fc1c(F)c(F)c(Oc2c(F)c(F)c(F)c(F)c2F)c(F)c1F.O=C(O)C(F)(F)F. The molecule has 2 aromatic rings. The Morgan fingerprint density at radius 2 is 0.700 bits per heavy atom. The maximum absolute atomic E-state index is 13.3. The number of halogens is 13. The topological polar surface area (TPSA) is 46.5 Å². The van der Waals surface area contributed by atoms with Crippen LogP contribution in [0.15, 0.2) is 0 Å². The molecule has 0 bridgehead atoms. The van der Waals surface area contributed by atoms with Gasteiger partial charge in [-0.15, -0.1) is 0 Å². The lowest BCUT2D eigenvalue weighted by Crippen LogP contribution is -2.21. The van der Waals surface area contributed by atoms with E-state index in [9.17, 15) is 57.1 Å². The van der Waals surface area contributed by atoms with Gasteiger partial charge in [0.1, 0.15) is 0 Å². The van der Waals surface area contributed by atoms with Crippen LogP contribution in [-0.4, -0.2) is 17.3 Å². The fraction of sp³-hybridized carbons (Fsp3) is 0.0714. The van der Waals surface area contributed by atoms with E-state index in [0.717, 1.165) is 0 Å². The van der Waals surface area contributed by atoms with E-state index in [2.05, 4.69) is 4.74 Å². The molecule has 30 heavy (non-hydrogen) atoms. The number of aliphatic carboxylic acids is 1. The van der Waals surface area contributed by atoms with E-state index >= 15 is 0 Å². The number of hydrogen-bond acceptors (Lipinski definition) is 2. The molecule has 16 heteroatoms. The van der Waals surface area contributed by atoms with Gasteiger partial charge in [0.05, 0.1) is 0 Å². The summed E-state index contributed by atoms with van der Waals surface area (Å²) in [5.41, 5.74) is 0. The number of carboxylic acid groups (broad SMARTS) is 1. The Labute approximate surface area is 154 Å². The summed E-state index contributed by atoms with van der Waals surface area (Å²) in [4.78, 5) is 8.90. The second kappa shape index (κ2) is 8.66. The van der Waals surface area contributed by atoms with Crippen molar-refractivity contribution in [3.63, 3.8) is 0 Å². The first-order valence-corrected chi connectivity index (χ1v) is 6.54. The molecule has 0 heterocycles. The summed E-state index contributed by atoms with van der Waals surface area (Å²) in [6, 6.07) is 0. The van der Waals surface area contributed by atoms with Crippen molar-refractivity contribution >= 4 is 5.97 Å². The van der Waals surface area contributed by atoms with E-state index < -0.39 is 81.8 Å². The van der Waals surface area contributed by atoms with Crippen LogP contribution in [0.5, 0.6) is 11.5 Å². The van der Waals surface area contributed by atoms with E-state index in [4.69, 9.17) is 9.90 Å². The largest absolute Gasteiger partial charge is 0.490 e. The molecular weight excluding hydrogens is 463 g/mol. The second-order valence-electron chi connectivity index (χ2n) is 4.70. The summed E-state index contributed by atoms with van der Waals surface area (Å²) in [5, 5.41) is 7.12. The van der Waals surface area contributed by atoms with Crippen LogP contribution in [-0.2, 0) is 4.79 Å². The molecule has 166 valence electrons. The van der Waals surface area contributed by atoms with Gasteiger partial charge in [-0.25, -0.2) is 31.1 Å². The average molecular weight is 464 g/mol. The van der Waals surface area contributed by atoms with Crippen LogP contribution < -0.4 is 4.74 Å². The normalized spacial score (nSPS) is 11.1. The van der Waals surface area contributed by atoms with E-state index in [-0.39, 0.29) is 0 Å². The molecule has 2 aromatic carbocycles. The van der Waals surface area contributed by atoms with E-state index in [1.807, 2.05) is 0 Å². The summed E-state index contributed by atoms with van der Waals surface area (Å²) >= 11 is 0. The van der Waals surface area contributed by atoms with Crippen molar-refractivity contribution in [2.45, 2.75) is 6.18 Å². The van der Waals surface area contributed by atoms with Crippen molar-refractivity contribution in [3.8, 4) is 11.5 Å². The Bertz CT molecular complexity index is 875. The van der Waals surface area contributed by atoms with Crippen molar-refractivity contribution in [3.05, 3.63) is 58.2 Å². The van der Waals surface area contributed by atoms with Crippen LogP contribution in [0, 0.1) is 58.2 Å². The molecule has 0 aliphatic rings. The number of hydrogen-bond donors (Lipinski definition) is 1. The van der Waals surface area contributed by atoms with E-state index in [1.54, 1.807) is 0 Å². The highest BCUT2D eigenvalue weighted by Gasteiger charge is 2.38. The molecule has 0 aromatic heterocycles. The molecule has 0 amide bonds. The predicted octanol–water partition coefficient (Wildman–Crippen LogP) is 5.50.